The van der Waals surface area contributed by atoms with Gasteiger partial charge in [-0.3, -0.25) is 14.4 Å². The number of nitrogens with zero attached hydrogens (tertiary/aromatic N) is 2. The van der Waals surface area contributed by atoms with E-state index in [1.165, 1.54) is 6.42 Å². The minimum absolute atomic E-state index is 0.0372. The van der Waals surface area contributed by atoms with Gasteiger partial charge in [0.25, 0.3) is 5.91 Å². The van der Waals surface area contributed by atoms with Crippen LogP contribution < -0.4 is 10.2 Å². The molecule has 3 fully saturated rings. The Hall–Kier alpha value is -3.15. The fourth-order valence-corrected chi connectivity index (χ4v) is 5.74. The van der Waals surface area contributed by atoms with Gasteiger partial charge in [-0.25, -0.2) is 0 Å². The number of rotatable bonds is 5. The molecule has 2 aromatic carbocycles. The molecule has 0 spiro atoms. The van der Waals surface area contributed by atoms with Crippen LogP contribution in [0.15, 0.2) is 54.6 Å². The van der Waals surface area contributed by atoms with Crippen molar-refractivity contribution in [2.45, 2.75) is 63.6 Å². The van der Waals surface area contributed by atoms with Gasteiger partial charge in [0, 0.05) is 36.8 Å². The number of carbonyl (C=O) groups is 3. The first kappa shape index (κ1) is 21.7. The van der Waals surface area contributed by atoms with Crippen LogP contribution in [-0.4, -0.2) is 41.2 Å². The maximum absolute atomic E-state index is 13.4. The lowest BCUT2D eigenvalue weighted by atomic mass is 9.84. The highest BCUT2D eigenvalue weighted by molar-refractivity contribution is 5.98. The Morgan fingerprint density at radius 3 is 2.42 bits per heavy atom. The van der Waals surface area contributed by atoms with E-state index in [-0.39, 0.29) is 23.8 Å². The third-order valence-electron chi connectivity index (χ3n) is 7.43. The van der Waals surface area contributed by atoms with E-state index in [4.69, 9.17) is 0 Å². The second kappa shape index (κ2) is 9.38. The van der Waals surface area contributed by atoms with E-state index in [1.54, 1.807) is 0 Å². The fourth-order valence-electron chi connectivity index (χ4n) is 5.74. The number of anilines is 1. The van der Waals surface area contributed by atoms with Crippen LogP contribution in [0.4, 0.5) is 5.69 Å². The highest BCUT2D eigenvalue weighted by Gasteiger charge is 2.47. The minimum Gasteiger partial charge on any atom is -0.350 e. The van der Waals surface area contributed by atoms with Crippen LogP contribution in [-0.2, 0) is 16.1 Å². The molecule has 1 aliphatic carbocycles. The number of benzene rings is 2. The lowest BCUT2D eigenvalue weighted by Crippen LogP contribution is -2.49. The Bertz CT molecular complexity index is 1020. The first-order chi connectivity index (χ1) is 16.1. The zero-order valence-electron chi connectivity index (χ0n) is 18.9. The van der Waals surface area contributed by atoms with Gasteiger partial charge in [0.2, 0.25) is 11.8 Å². The molecule has 0 bridgehead atoms. The molecule has 3 aliphatic rings. The van der Waals surface area contributed by atoms with Crippen LogP contribution in [0.2, 0.25) is 0 Å². The summed E-state index contributed by atoms with van der Waals surface area (Å²) in [4.78, 5) is 42.3. The maximum atomic E-state index is 13.4. The molecule has 33 heavy (non-hydrogen) atoms. The Kier molecular flexibility index (Phi) is 6.16. The number of nitrogens with one attached hydrogen (secondary N) is 1. The molecule has 1 N–H and O–H groups in total. The number of carbonyl (C=O) groups excluding carboxylic acids is 3. The van der Waals surface area contributed by atoms with Gasteiger partial charge in [-0.15, -0.1) is 0 Å². The number of likely N-dealkylation sites (tertiary alicyclic amines) is 1. The summed E-state index contributed by atoms with van der Waals surface area (Å²) >= 11 is 0. The van der Waals surface area contributed by atoms with E-state index < -0.39 is 6.04 Å². The van der Waals surface area contributed by atoms with E-state index in [1.807, 2.05) is 64.4 Å². The third-order valence-corrected chi connectivity index (χ3v) is 7.43. The highest BCUT2D eigenvalue weighted by Crippen LogP contribution is 2.40. The highest BCUT2D eigenvalue weighted by atomic mass is 16.2. The van der Waals surface area contributed by atoms with E-state index in [0.29, 0.717) is 24.4 Å². The van der Waals surface area contributed by atoms with Crippen LogP contribution in [0.5, 0.6) is 0 Å². The molecule has 2 aliphatic heterocycles. The second-order valence-corrected chi connectivity index (χ2v) is 9.48. The molecule has 2 heterocycles. The molecule has 5 rings (SSSR count). The summed E-state index contributed by atoms with van der Waals surface area (Å²) in [6.07, 6.45) is 6.60. The predicted octanol–water partition coefficient (Wildman–Crippen LogP) is 3.90. The lowest BCUT2D eigenvalue weighted by Gasteiger charge is -2.33. The average Bonchev–Trinajstić information content (AvgIpc) is 3.46. The van der Waals surface area contributed by atoms with Crippen molar-refractivity contribution in [3.05, 3.63) is 65.7 Å². The monoisotopic (exact) mass is 445 g/mol. The summed E-state index contributed by atoms with van der Waals surface area (Å²) < 4.78 is 0. The quantitative estimate of drug-likeness (QED) is 0.759. The molecule has 0 aromatic heterocycles. The SMILES string of the molecule is O=C(NCc1ccc(N2CCCC2=O)cc1)C1CC2CCCCC2N1C(=O)c1ccccc1. The molecule has 1 saturated carbocycles. The maximum Gasteiger partial charge on any atom is 0.254 e. The van der Waals surface area contributed by atoms with Gasteiger partial charge in [-0.1, -0.05) is 43.2 Å². The van der Waals surface area contributed by atoms with Gasteiger partial charge >= 0.3 is 0 Å². The van der Waals surface area contributed by atoms with Crippen molar-refractivity contribution < 1.29 is 14.4 Å². The zero-order chi connectivity index (χ0) is 22.8. The van der Waals surface area contributed by atoms with Crippen molar-refractivity contribution >= 4 is 23.4 Å². The van der Waals surface area contributed by atoms with Gasteiger partial charge < -0.3 is 15.1 Å². The van der Waals surface area contributed by atoms with Crippen LogP contribution >= 0.6 is 0 Å². The van der Waals surface area contributed by atoms with Gasteiger partial charge in [-0.2, -0.15) is 0 Å². The molecule has 2 aromatic rings. The third kappa shape index (κ3) is 4.39. The Morgan fingerprint density at radius 2 is 1.70 bits per heavy atom. The van der Waals surface area contributed by atoms with Crippen molar-refractivity contribution in [2.24, 2.45) is 5.92 Å². The van der Waals surface area contributed by atoms with E-state index in [2.05, 4.69) is 5.32 Å². The fraction of sp³-hybridized carbons (Fsp3) is 0.444. The number of fused-ring (bicyclic) bond motifs is 1. The summed E-state index contributed by atoms with van der Waals surface area (Å²) in [5.74, 6) is 0.457. The summed E-state index contributed by atoms with van der Waals surface area (Å²) in [7, 11) is 0. The summed E-state index contributed by atoms with van der Waals surface area (Å²) in [6, 6.07) is 16.9. The molecule has 2 saturated heterocycles. The molecule has 6 nitrogen and oxygen atoms in total. The topological polar surface area (TPSA) is 69.7 Å². The lowest BCUT2D eigenvalue weighted by molar-refractivity contribution is -0.125. The van der Waals surface area contributed by atoms with E-state index >= 15 is 0 Å². The Morgan fingerprint density at radius 1 is 0.939 bits per heavy atom. The molecule has 0 radical (unpaired) electrons. The minimum atomic E-state index is -0.424. The smallest absolute Gasteiger partial charge is 0.254 e. The van der Waals surface area contributed by atoms with Crippen LogP contribution in [0.25, 0.3) is 0 Å². The number of hydrogen-bond acceptors (Lipinski definition) is 3. The molecular formula is C27H31N3O3. The van der Waals surface area contributed by atoms with Crippen molar-refractivity contribution in [3.63, 3.8) is 0 Å². The Balaban J connectivity index is 1.27. The van der Waals surface area contributed by atoms with Gasteiger partial charge in [0.1, 0.15) is 6.04 Å². The molecule has 6 heteroatoms. The summed E-state index contributed by atoms with van der Waals surface area (Å²) in [5.41, 5.74) is 2.54. The first-order valence-corrected chi connectivity index (χ1v) is 12.2. The largest absolute Gasteiger partial charge is 0.350 e. The van der Waals surface area contributed by atoms with Crippen LogP contribution in [0.3, 0.4) is 0 Å². The molecular weight excluding hydrogens is 414 g/mol. The second-order valence-electron chi connectivity index (χ2n) is 9.48. The van der Waals surface area contributed by atoms with Gasteiger partial charge in [0.05, 0.1) is 0 Å². The standard InChI is InChI=1S/C27H31N3O3/c31-25-11-6-16-29(25)22-14-12-19(13-15-22)18-28-26(32)24-17-21-9-4-5-10-23(21)30(24)27(33)20-7-2-1-3-8-20/h1-3,7-8,12-15,21,23-24H,4-6,9-11,16-18H2,(H,28,32). The summed E-state index contributed by atoms with van der Waals surface area (Å²) in [6.45, 7) is 1.18. The van der Waals surface area contributed by atoms with Crippen molar-refractivity contribution in [2.75, 3.05) is 11.4 Å². The van der Waals surface area contributed by atoms with Crippen molar-refractivity contribution in [1.29, 1.82) is 0 Å². The normalized spacial score (nSPS) is 24.6. The zero-order valence-corrected chi connectivity index (χ0v) is 18.9. The number of amides is 3. The average molecular weight is 446 g/mol. The van der Waals surface area contributed by atoms with Crippen LogP contribution in [0.1, 0.15) is 60.9 Å². The predicted molar refractivity (Wildman–Crippen MR) is 127 cm³/mol. The van der Waals surface area contributed by atoms with E-state index in [9.17, 15) is 14.4 Å². The first-order valence-electron chi connectivity index (χ1n) is 12.2. The molecule has 3 unspecified atom stereocenters. The van der Waals surface area contributed by atoms with Gasteiger partial charge in [-0.05, 0) is 61.4 Å². The molecule has 3 amide bonds. The number of hydrogen-bond donors (Lipinski definition) is 1. The van der Waals surface area contributed by atoms with Gasteiger partial charge in [0.15, 0.2) is 0 Å². The molecule has 3 atom stereocenters. The summed E-state index contributed by atoms with van der Waals surface area (Å²) in [5, 5.41) is 3.07. The van der Waals surface area contributed by atoms with Crippen LogP contribution in [0, 0.1) is 5.92 Å². The van der Waals surface area contributed by atoms with Crippen molar-refractivity contribution in [3.8, 4) is 0 Å². The van der Waals surface area contributed by atoms with Crippen molar-refractivity contribution in [1.82, 2.24) is 10.2 Å². The molecule has 172 valence electrons. The Labute approximate surface area is 194 Å². The van der Waals surface area contributed by atoms with E-state index in [0.717, 1.165) is 49.9 Å².